The first-order valence-corrected chi connectivity index (χ1v) is 9.82. The third-order valence-corrected chi connectivity index (χ3v) is 5.57. The average Bonchev–Trinajstić information content (AvgIpc) is 3.15. The molecule has 0 saturated carbocycles. The molecule has 2 aromatic heterocycles. The highest BCUT2D eigenvalue weighted by atomic mass is 32.1. The van der Waals surface area contributed by atoms with Crippen molar-refractivity contribution >= 4 is 28.2 Å². The molecule has 4 rings (SSSR count). The molecule has 0 aliphatic rings. The number of aromatic carboxylic acids is 1. The number of H-pyrrole nitrogens is 1. The van der Waals surface area contributed by atoms with Gasteiger partial charge in [-0.1, -0.05) is 11.6 Å². The Morgan fingerprint density at radius 2 is 1.90 bits per heavy atom. The molecule has 0 saturated heterocycles. The topological polar surface area (TPSA) is 101 Å². The van der Waals surface area contributed by atoms with Gasteiger partial charge in [-0.05, 0) is 31.2 Å². The van der Waals surface area contributed by atoms with Gasteiger partial charge in [0.05, 0.1) is 16.6 Å². The highest BCUT2D eigenvalue weighted by Crippen LogP contribution is 2.23. The van der Waals surface area contributed by atoms with E-state index in [2.05, 4.69) is 4.98 Å². The Balaban J connectivity index is 1.79. The predicted molar refractivity (Wildman–Crippen MR) is 110 cm³/mol. The summed E-state index contributed by atoms with van der Waals surface area (Å²) in [6.07, 6.45) is 0. The highest BCUT2D eigenvalue weighted by Gasteiger charge is 2.20. The predicted octanol–water partition coefficient (Wildman–Crippen LogP) is 3.60. The van der Waals surface area contributed by atoms with Crippen molar-refractivity contribution in [2.24, 2.45) is 0 Å². The zero-order chi connectivity index (χ0) is 22.3. The van der Waals surface area contributed by atoms with E-state index in [-0.39, 0.29) is 33.7 Å². The number of hydrogen-bond acceptors (Lipinski definition) is 5. The van der Waals surface area contributed by atoms with Crippen LogP contribution in [0.3, 0.4) is 0 Å². The first-order valence-electron chi connectivity index (χ1n) is 8.94. The standard InChI is InChI=1S/C21H14F2N2O5S/c1-10-2-4-13(22)11(6-10)8-30-12-3-5-14(23)16(7-12)25-19(26)17-15(24-21(25)29)9-31-18(17)20(27)28/h2-7,9H,8H2,1H3,(H,24,29)(H,27,28). The number of carboxylic acids is 1. The van der Waals surface area contributed by atoms with E-state index in [1.807, 2.05) is 0 Å². The molecule has 2 N–H and O–H groups in total. The molecule has 0 unspecified atom stereocenters. The first kappa shape index (κ1) is 20.5. The van der Waals surface area contributed by atoms with Crippen molar-refractivity contribution in [1.82, 2.24) is 9.55 Å². The Hall–Kier alpha value is -3.79. The lowest BCUT2D eigenvalue weighted by Crippen LogP contribution is -2.34. The Kier molecular flexibility index (Phi) is 5.15. The van der Waals surface area contributed by atoms with Crippen LogP contribution in [0.5, 0.6) is 5.75 Å². The lowest BCUT2D eigenvalue weighted by molar-refractivity contribution is 0.0704. The molecule has 158 valence electrons. The number of benzene rings is 2. The zero-order valence-electron chi connectivity index (χ0n) is 15.9. The van der Waals surface area contributed by atoms with Crippen LogP contribution in [0.4, 0.5) is 8.78 Å². The summed E-state index contributed by atoms with van der Waals surface area (Å²) in [5.41, 5.74) is -1.16. The van der Waals surface area contributed by atoms with Crippen molar-refractivity contribution in [2.45, 2.75) is 13.5 Å². The molecule has 0 amide bonds. The average molecular weight is 444 g/mol. The Morgan fingerprint density at radius 3 is 2.65 bits per heavy atom. The fourth-order valence-corrected chi connectivity index (χ4v) is 3.97. The van der Waals surface area contributed by atoms with Crippen LogP contribution < -0.4 is 16.0 Å². The highest BCUT2D eigenvalue weighted by molar-refractivity contribution is 7.13. The number of rotatable bonds is 5. The van der Waals surface area contributed by atoms with Gasteiger partial charge in [-0.15, -0.1) is 11.3 Å². The van der Waals surface area contributed by atoms with Crippen molar-refractivity contribution < 1.29 is 23.4 Å². The van der Waals surface area contributed by atoms with Crippen LogP contribution in [-0.4, -0.2) is 20.6 Å². The maximum Gasteiger partial charge on any atom is 0.346 e. The maximum atomic E-state index is 14.5. The van der Waals surface area contributed by atoms with Gasteiger partial charge in [-0.2, -0.15) is 0 Å². The van der Waals surface area contributed by atoms with Crippen LogP contribution in [0.2, 0.25) is 0 Å². The van der Waals surface area contributed by atoms with Gasteiger partial charge in [0.1, 0.15) is 28.9 Å². The van der Waals surface area contributed by atoms with Gasteiger partial charge in [0.2, 0.25) is 0 Å². The Morgan fingerprint density at radius 1 is 1.16 bits per heavy atom. The summed E-state index contributed by atoms with van der Waals surface area (Å²) in [7, 11) is 0. The number of ether oxygens (including phenoxy) is 1. The van der Waals surface area contributed by atoms with Crippen molar-refractivity contribution in [2.75, 3.05) is 0 Å². The van der Waals surface area contributed by atoms with E-state index in [4.69, 9.17) is 4.74 Å². The van der Waals surface area contributed by atoms with Gasteiger partial charge in [0, 0.05) is 17.0 Å². The number of aryl methyl sites for hydroxylation is 1. The third-order valence-electron chi connectivity index (χ3n) is 4.60. The minimum Gasteiger partial charge on any atom is -0.489 e. The molecule has 2 heterocycles. The molecular weight excluding hydrogens is 430 g/mol. The Labute approximate surface area is 176 Å². The number of aromatic amines is 1. The number of nitrogens with zero attached hydrogens (tertiary/aromatic N) is 1. The normalized spacial score (nSPS) is 11.1. The minimum atomic E-state index is -1.34. The smallest absolute Gasteiger partial charge is 0.346 e. The van der Waals surface area contributed by atoms with E-state index in [9.17, 15) is 28.3 Å². The van der Waals surface area contributed by atoms with E-state index in [1.165, 1.54) is 17.5 Å². The number of thiophene rings is 1. The Bertz CT molecular complexity index is 1450. The molecule has 0 bridgehead atoms. The molecule has 31 heavy (non-hydrogen) atoms. The van der Waals surface area contributed by atoms with Gasteiger partial charge in [-0.3, -0.25) is 4.79 Å². The molecule has 10 heteroatoms. The van der Waals surface area contributed by atoms with Gasteiger partial charge >= 0.3 is 11.7 Å². The van der Waals surface area contributed by atoms with Gasteiger partial charge < -0.3 is 14.8 Å². The summed E-state index contributed by atoms with van der Waals surface area (Å²) >= 11 is 0.776. The van der Waals surface area contributed by atoms with Gasteiger partial charge in [-0.25, -0.2) is 22.9 Å². The molecular formula is C21H14F2N2O5S. The zero-order valence-corrected chi connectivity index (χ0v) is 16.8. The van der Waals surface area contributed by atoms with Crippen LogP contribution in [-0.2, 0) is 6.61 Å². The lowest BCUT2D eigenvalue weighted by Gasteiger charge is -2.11. The summed E-state index contributed by atoms with van der Waals surface area (Å²) < 4.78 is 34.5. The number of carbonyl (C=O) groups is 1. The van der Waals surface area contributed by atoms with Gasteiger partial charge in [0.25, 0.3) is 5.56 Å². The molecule has 0 atom stereocenters. The van der Waals surface area contributed by atoms with Crippen molar-refractivity contribution in [1.29, 1.82) is 0 Å². The molecule has 4 aromatic rings. The first-order chi connectivity index (χ1) is 14.8. The second kappa shape index (κ2) is 7.80. The number of halogens is 2. The summed E-state index contributed by atoms with van der Waals surface area (Å²) in [5, 5.41) is 10.4. The van der Waals surface area contributed by atoms with Crippen molar-refractivity contribution in [3.05, 3.63) is 90.3 Å². The molecule has 2 aromatic carbocycles. The molecule has 0 spiro atoms. The number of aromatic nitrogens is 2. The van der Waals surface area contributed by atoms with Crippen LogP contribution >= 0.6 is 11.3 Å². The quantitative estimate of drug-likeness (QED) is 0.490. The fourth-order valence-electron chi connectivity index (χ4n) is 3.14. The summed E-state index contributed by atoms with van der Waals surface area (Å²) in [6, 6.07) is 7.92. The molecule has 0 radical (unpaired) electrons. The SMILES string of the molecule is Cc1ccc(F)c(COc2ccc(F)c(-n3c(=O)[nH]c4csc(C(=O)O)c4c3=O)c2)c1. The van der Waals surface area contributed by atoms with Crippen molar-refractivity contribution in [3.8, 4) is 11.4 Å². The number of hydrogen-bond donors (Lipinski definition) is 2. The van der Waals surface area contributed by atoms with E-state index in [0.29, 0.717) is 4.57 Å². The summed E-state index contributed by atoms with van der Waals surface area (Å²) in [5.74, 6) is -2.61. The summed E-state index contributed by atoms with van der Waals surface area (Å²) in [6.45, 7) is 1.64. The van der Waals surface area contributed by atoms with Crippen LogP contribution in [0.15, 0.2) is 51.4 Å². The lowest BCUT2D eigenvalue weighted by atomic mass is 10.1. The van der Waals surface area contributed by atoms with Gasteiger partial charge in [0.15, 0.2) is 0 Å². The second-order valence-electron chi connectivity index (χ2n) is 6.73. The van der Waals surface area contributed by atoms with Crippen LogP contribution in [0.1, 0.15) is 20.8 Å². The number of nitrogens with one attached hydrogen (secondary N) is 1. The monoisotopic (exact) mass is 444 g/mol. The van der Waals surface area contributed by atoms with E-state index in [1.54, 1.807) is 19.1 Å². The molecule has 0 fully saturated rings. The van der Waals surface area contributed by atoms with Crippen molar-refractivity contribution in [3.63, 3.8) is 0 Å². The minimum absolute atomic E-state index is 0.0522. The largest absolute Gasteiger partial charge is 0.489 e. The summed E-state index contributed by atoms with van der Waals surface area (Å²) in [4.78, 5) is 38.9. The van der Waals surface area contributed by atoms with E-state index in [0.717, 1.165) is 29.0 Å². The van der Waals surface area contributed by atoms with E-state index < -0.39 is 34.5 Å². The van der Waals surface area contributed by atoms with E-state index >= 15 is 0 Å². The molecule has 0 aliphatic carbocycles. The van der Waals surface area contributed by atoms with Crippen LogP contribution in [0, 0.1) is 18.6 Å². The molecule has 0 aliphatic heterocycles. The van der Waals surface area contributed by atoms with Crippen LogP contribution in [0.25, 0.3) is 16.6 Å². The third kappa shape index (κ3) is 3.73. The number of fused-ring (bicyclic) bond motifs is 1. The maximum absolute atomic E-state index is 14.5. The molecule has 7 nitrogen and oxygen atoms in total. The second-order valence-corrected chi connectivity index (χ2v) is 7.61. The fraction of sp³-hybridized carbons (Fsp3) is 0.0952. The number of carboxylic acid groups (broad SMARTS) is 1.